The first kappa shape index (κ1) is 17.8. The predicted octanol–water partition coefficient (Wildman–Crippen LogP) is 2.26. The molecule has 1 atom stereocenters. The minimum absolute atomic E-state index is 0.0997. The molecule has 0 aliphatic carbocycles. The van der Waals surface area contributed by atoms with Gasteiger partial charge in [-0.3, -0.25) is 9.59 Å². The SMILES string of the molecule is CCn1c(SC(C)C(=O)N2CCC(C(N)=O)CC2)nc2ccccc21. The van der Waals surface area contributed by atoms with Crippen LogP contribution in [0.3, 0.4) is 0 Å². The van der Waals surface area contributed by atoms with Crippen LogP contribution >= 0.6 is 11.8 Å². The second kappa shape index (κ2) is 7.47. The number of primary amides is 1. The Morgan fingerprint density at radius 2 is 2.00 bits per heavy atom. The highest BCUT2D eigenvalue weighted by Gasteiger charge is 2.29. The van der Waals surface area contributed by atoms with E-state index in [1.54, 1.807) is 0 Å². The number of imidazole rings is 1. The van der Waals surface area contributed by atoms with Crippen LogP contribution < -0.4 is 5.73 Å². The van der Waals surface area contributed by atoms with Crippen LogP contribution in [0.15, 0.2) is 29.4 Å². The Balaban J connectivity index is 1.69. The molecule has 1 aromatic carbocycles. The standard InChI is InChI=1S/C18H24N4O2S/c1-3-22-15-7-5-4-6-14(15)20-18(22)25-12(2)17(24)21-10-8-13(9-11-21)16(19)23/h4-7,12-13H,3,8-11H2,1-2H3,(H2,19,23). The molecular weight excluding hydrogens is 336 g/mol. The van der Waals surface area contributed by atoms with E-state index in [-0.39, 0.29) is 23.0 Å². The number of piperidine rings is 1. The van der Waals surface area contributed by atoms with Crippen molar-refractivity contribution in [2.75, 3.05) is 13.1 Å². The van der Waals surface area contributed by atoms with Crippen LogP contribution in [0, 0.1) is 5.92 Å². The Kier molecular flexibility index (Phi) is 5.32. The van der Waals surface area contributed by atoms with Gasteiger partial charge in [0.1, 0.15) is 0 Å². The van der Waals surface area contributed by atoms with Gasteiger partial charge in [0.2, 0.25) is 11.8 Å². The topological polar surface area (TPSA) is 81.2 Å². The zero-order valence-corrected chi connectivity index (χ0v) is 15.5. The molecular formula is C18H24N4O2S. The number of benzene rings is 1. The molecule has 1 saturated heterocycles. The van der Waals surface area contributed by atoms with Crippen molar-refractivity contribution in [2.24, 2.45) is 11.7 Å². The van der Waals surface area contributed by atoms with Gasteiger partial charge in [0.15, 0.2) is 5.16 Å². The number of amides is 2. The van der Waals surface area contributed by atoms with E-state index in [1.165, 1.54) is 11.8 Å². The number of aromatic nitrogens is 2. The number of hydrogen-bond acceptors (Lipinski definition) is 4. The van der Waals surface area contributed by atoms with Gasteiger partial charge in [0.05, 0.1) is 16.3 Å². The van der Waals surface area contributed by atoms with Crippen LogP contribution in [0.5, 0.6) is 0 Å². The Morgan fingerprint density at radius 1 is 1.32 bits per heavy atom. The summed E-state index contributed by atoms with van der Waals surface area (Å²) in [5.74, 6) is -0.259. The number of likely N-dealkylation sites (tertiary alicyclic amines) is 1. The molecule has 1 fully saturated rings. The largest absolute Gasteiger partial charge is 0.369 e. The summed E-state index contributed by atoms with van der Waals surface area (Å²) >= 11 is 1.50. The highest BCUT2D eigenvalue weighted by molar-refractivity contribution is 8.00. The maximum absolute atomic E-state index is 12.7. The zero-order chi connectivity index (χ0) is 18.0. The van der Waals surface area contributed by atoms with E-state index < -0.39 is 0 Å². The van der Waals surface area contributed by atoms with E-state index in [9.17, 15) is 9.59 Å². The normalized spacial score (nSPS) is 17.0. The molecule has 2 amide bonds. The van der Waals surface area contributed by atoms with E-state index in [1.807, 2.05) is 30.0 Å². The lowest BCUT2D eigenvalue weighted by molar-refractivity contribution is -0.134. The summed E-state index contributed by atoms with van der Waals surface area (Å²) in [6.45, 7) is 6.02. The van der Waals surface area contributed by atoms with Crippen LogP contribution in [0.4, 0.5) is 0 Å². The number of fused-ring (bicyclic) bond motifs is 1. The van der Waals surface area contributed by atoms with Crippen molar-refractivity contribution in [1.29, 1.82) is 0 Å². The summed E-state index contributed by atoms with van der Waals surface area (Å²) in [5.41, 5.74) is 7.41. The maximum Gasteiger partial charge on any atom is 0.235 e. The Hall–Kier alpha value is -2.02. The van der Waals surface area contributed by atoms with Crippen LogP contribution in [-0.4, -0.2) is 44.6 Å². The number of carbonyl (C=O) groups excluding carboxylic acids is 2. The molecule has 7 heteroatoms. The Labute approximate surface area is 151 Å². The highest BCUT2D eigenvalue weighted by atomic mass is 32.2. The molecule has 3 rings (SSSR count). The molecule has 2 N–H and O–H groups in total. The fourth-order valence-corrected chi connectivity index (χ4v) is 4.37. The number of nitrogens with zero attached hydrogens (tertiary/aromatic N) is 3. The van der Waals surface area contributed by atoms with E-state index in [4.69, 9.17) is 5.73 Å². The lowest BCUT2D eigenvalue weighted by atomic mass is 9.96. The molecule has 0 bridgehead atoms. The minimum atomic E-state index is -0.258. The average Bonchev–Trinajstić information content (AvgIpc) is 2.98. The molecule has 1 aromatic heterocycles. The Bertz CT molecular complexity index is 780. The summed E-state index contributed by atoms with van der Waals surface area (Å²) in [7, 11) is 0. The number of thioether (sulfide) groups is 1. The monoisotopic (exact) mass is 360 g/mol. The van der Waals surface area contributed by atoms with E-state index in [2.05, 4.69) is 22.5 Å². The van der Waals surface area contributed by atoms with Crippen LogP contribution in [0.25, 0.3) is 11.0 Å². The summed E-state index contributed by atoms with van der Waals surface area (Å²) in [5, 5.41) is 0.656. The molecule has 1 aliphatic rings. The molecule has 134 valence electrons. The van der Waals surface area contributed by atoms with Crippen LogP contribution in [0.2, 0.25) is 0 Å². The van der Waals surface area contributed by atoms with E-state index in [0.717, 1.165) is 22.7 Å². The molecule has 0 saturated carbocycles. The first-order valence-corrected chi connectivity index (χ1v) is 9.59. The van der Waals surface area contributed by atoms with E-state index >= 15 is 0 Å². The summed E-state index contributed by atoms with van der Waals surface area (Å²) in [6.07, 6.45) is 1.32. The van der Waals surface area contributed by atoms with Gasteiger partial charge in [-0.25, -0.2) is 4.98 Å². The molecule has 2 aromatic rings. The van der Waals surface area contributed by atoms with Gasteiger partial charge >= 0.3 is 0 Å². The molecule has 1 unspecified atom stereocenters. The summed E-state index contributed by atoms with van der Waals surface area (Å²) in [6, 6.07) is 8.02. The van der Waals surface area contributed by atoms with Gasteiger partial charge in [-0.1, -0.05) is 23.9 Å². The fourth-order valence-electron chi connectivity index (χ4n) is 3.30. The van der Waals surface area contributed by atoms with Gasteiger partial charge in [-0.2, -0.15) is 0 Å². The number of para-hydroxylation sites is 2. The van der Waals surface area contributed by atoms with Crippen molar-refractivity contribution >= 4 is 34.6 Å². The fraction of sp³-hybridized carbons (Fsp3) is 0.500. The van der Waals surface area contributed by atoms with Crippen molar-refractivity contribution in [2.45, 2.75) is 43.6 Å². The van der Waals surface area contributed by atoms with Crippen LogP contribution in [-0.2, 0) is 16.1 Å². The molecule has 6 nitrogen and oxygen atoms in total. The predicted molar refractivity (Wildman–Crippen MR) is 99.2 cm³/mol. The van der Waals surface area contributed by atoms with E-state index in [0.29, 0.717) is 25.9 Å². The quantitative estimate of drug-likeness (QED) is 0.829. The number of rotatable bonds is 5. The number of hydrogen-bond donors (Lipinski definition) is 1. The highest BCUT2D eigenvalue weighted by Crippen LogP contribution is 2.29. The molecule has 25 heavy (non-hydrogen) atoms. The zero-order valence-electron chi connectivity index (χ0n) is 14.6. The smallest absolute Gasteiger partial charge is 0.235 e. The molecule has 0 spiro atoms. The van der Waals surface area contributed by atoms with Crippen LogP contribution in [0.1, 0.15) is 26.7 Å². The first-order valence-electron chi connectivity index (χ1n) is 8.71. The van der Waals surface area contributed by atoms with Crippen molar-refractivity contribution in [3.05, 3.63) is 24.3 Å². The molecule has 0 radical (unpaired) electrons. The van der Waals surface area contributed by atoms with Gasteiger partial charge in [0, 0.05) is 25.6 Å². The Morgan fingerprint density at radius 3 is 2.64 bits per heavy atom. The first-order chi connectivity index (χ1) is 12.0. The second-order valence-corrected chi connectivity index (χ2v) is 7.70. The van der Waals surface area contributed by atoms with Crippen molar-refractivity contribution in [3.63, 3.8) is 0 Å². The number of nitrogens with two attached hydrogens (primary N) is 1. The maximum atomic E-state index is 12.7. The lowest BCUT2D eigenvalue weighted by Crippen LogP contribution is -2.44. The second-order valence-electron chi connectivity index (χ2n) is 6.39. The molecule has 1 aliphatic heterocycles. The summed E-state index contributed by atoms with van der Waals surface area (Å²) < 4.78 is 2.14. The van der Waals surface area contributed by atoms with Crippen molar-refractivity contribution in [3.8, 4) is 0 Å². The summed E-state index contributed by atoms with van der Waals surface area (Å²) in [4.78, 5) is 30.5. The van der Waals surface area contributed by atoms with Gasteiger partial charge in [0.25, 0.3) is 0 Å². The third-order valence-corrected chi connectivity index (χ3v) is 5.85. The lowest BCUT2D eigenvalue weighted by Gasteiger charge is -2.32. The third kappa shape index (κ3) is 3.66. The van der Waals surface area contributed by atoms with Crippen molar-refractivity contribution < 1.29 is 9.59 Å². The van der Waals surface area contributed by atoms with Crippen molar-refractivity contribution in [1.82, 2.24) is 14.5 Å². The molecule has 2 heterocycles. The number of carbonyl (C=O) groups is 2. The average molecular weight is 360 g/mol. The minimum Gasteiger partial charge on any atom is -0.369 e. The van der Waals surface area contributed by atoms with Gasteiger partial charge < -0.3 is 15.2 Å². The van der Waals surface area contributed by atoms with Gasteiger partial charge in [-0.15, -0.1) is 0 Å². The number of aryl methyl sites for hydroxylation is 1. The third-order valence-electron chi connectivity index (χ3n) is 4.77. The van der Waals surface area contributed by atoms with Gasteiger partial charge in [-0.05, 0) is 38.8 Å².